The van der Waals surface area contributed by atoms with Gasteiger partial charge in [-0.1, -0.05) is 30.3 Å². The Morgan fingerprint density at radius 3 is 2.50 bits per heavy atom. The lowest BCUT2D eigenvalue weighted by molar-refractivity contribution is 0.389. The number of nitrogens with one attached hydrogen (secondary N) is 1. The van der Waals surface area contributed by atoms with Crippen LogP contribution in [0.5, 0.6) is 5.88 Å². The molecule has 2 aromatic rings. The van der Waals surface area contributed by atoms with Crippen molar-refractivity contribution in [3.05, 3.63) is 53.7 Å². The van der Waals surface area contributed by atoms with E-state index < -0.39 is 0 Å². The third kappa shape index (κ3) is 3.03. The Labute approximate surface area is 106 Å². The zero-order chi connectivity index (χ0) is 12.8. The average Bonchev–Trinajstić information content (AvgIpc) is 2.46. The van der Waals surface area contributed by atoms with Crippen molar-refractivity contribution < 1.29 is 4.74 Å². The first-order valence-corrected chi connectivity index (χ1v) is 5.71. The second kappa shape index (κ2) is 6.09. The highest BCUT2D eigenvalue weighted by Crippen LogP contribution is 2.16. The molecule has 2 rings (SSSR count). The van der Waals surface area contributed by atoms with Gasteiger partial charge in [0, 0.05) is 6.07 Å². The van der Waals surface area contributed by atoms with E-state index in [2.05, 4.69) is 27.8 Å². The van der Waals surface area contributed by atoms with Gasteiger partial charge in [-0.2, -0.15) is 5.10 Å². The van der Waals surface area contributed by atoms with Crippen LogP contribution in [-0.2, 0) is 6.42 Å². The lowest BCUT2D eigenvalue weighted by atomic mass is 10.0. The normalized spacial score (nSPS) is 12.1. The lowest BCUT2D eigenvalue weighted by Crippen LogP contribution is -2.30. The molecule has 0 spiro atoms. The summed E-state index contributed by atoms with van der Waals surface area (Å²) in [7, 11) is 1.56. The van der Waals surface area contributed by atoms with E-state index in [1.54, 1.807) is 13.2 Å². The molecule has 18 heavy (non-hydrogen) atoms. The van der Waals surface area contributed by atoms with Crippen molar-refractivity contribution in [1.29, 1.82) is 0 Å². The molecule has 0 aliphatic carbocycles. The molecule has 1 unspecified atom stereocenters. The number of benzene rings is 1. The number of aromatic nitrogens is 2. The van der Waals surface area contributed by atoms with E-state index in [9.17, 15) is 0 Å². The van der Waals surface area contributed by atoms with Gasteiger partial charge in [-0.05, 0) is 18.1 Å². The van der Waals surface area contributed by atoms with Crippen molar-refractivity contribution >= 4 is 0 Å². The quantitative estimate of drug-likeness (QED) is 0.611. The summed E-state index contributed by atoms with van der Waals surface area (Å²) >= 11 is 0. The molecule has 1 atom stereocenters. The summed E-state index contributed by atoms with van der Waals surface area (Å²) in [6, 6.07) is 13.7. The van der Waals surface area contributed by atoms with E-state index >= 15 is 0 Å². The number of nitrogens with two attached hydrogens (primary N) is 1. The van der Waals surface area contributed by atoms with Crippen LogP contribution in [0.15, 0.2) is 42.5 Å². The lowest BCUT2D eigenvalue weighted by Gasteiger charge is -2.14. The van der Waals surface area contributed by atoms with Crippen LogP contribution < -0.4 is 16.0 Å². The van der Waals surface area contributed by atoms with Gasteiger partial charge in [-0.3, -0.25) is 11.3 Å². The van der Waals surface area contributed by atoms with Crippen LogP contribution in [0.3, 0.4) is 0 Å². The molecule has 1 aromatic heterocycles. The van der Waals surface area contributed by atoms with Gasteiger partial charge in [-0.25, -0.2) is 0 Å². The van der Waals surface area contributed by atoms with Crippen LogP contribution in [0.4, 0.5) is 0 Å². The first-order valence-electron chi connectivity index (χ1n) is 5.71. The SMILES string of the molecule is COc1ccc(C(Cc2ccccc2)NN)nn1. The number of rotatable bonds is 5. The van der Waals surface area contributed by atoms with Gasteiger partial charge in [0.25, 0.3) is 0 Å². The van der Waals surface area contributed by atoms with E-state index in [-0.39, 0.29) is 6.04 Å². The monoisotopic (exact) mass is 244 g/mol. The molecule has 94 valence electrons. The van der Waals surface area contributed by atoms with Gasteiger partial charge in [0.05, 0.1) is 18.8 Å². The van der Waals surface area contributed by atoms with Gasteiger partial charge in [0.15, 0.2) is 0 Å². The summed E-state index contributed by atoms with van der Waals surface area (Å²) in [5.41, 5.74) is 4.75. The van der Waals surface area contributed by atoms with E-state index in [4.69, 9.17) is 10.6 Å². The summed E-state index contributed by atoms with van der Waals surface area (Å²) in [5, 5.41) is 8.04. The summed E-state index contributed by atoms with van der Waals surface area (Å²) in [4.78, 5) is 0. The van der Waals surface area contributed by atoms with Crippen molar-refractivity contribution in [3.8, 4) is 5.88 Å². The minimum Gasteiger partial charge on any atom is -0.480 e. The molecule has 0 aliphatic heterocycles. The van der Waals surface area contributed by atoms with Gasteiger partial charge < -0.3 is 4.74 Å². The number of hydrazine groups is 1. The fraction of sp³-hybridized carbons (Fsp3) is 0.231. The molecule has 1 aromatic carbocycles. The van der Waals surface area contributed by atoms with Crippen LogP contribution in [-0.4, -0.2) is 17.3 Å². The Balaban J connectivity index is 2.12. The highest BCUT2D eigenvalue weighted by atomic mass is 16.5. The largest absolute Gasteiger partial charge is 0.480 e. The third-order valence-electron chi connectivity index (χ3n) is 2.71. The van der Waals surface area contributed by atoms with E-state index in [1.165, 1.54) is 5.56 Å². The predicted molar refractivity (Wildman–Crippen MR) is 68.8 cm³/mol. The Hall–Kier alpha value is -1.98. The van der Waals surface area contributed by atoms with E-state index in [0.717, 1.165) is 12.1 Å². The van der Waals surface area contributed by atoms with Crippen molar-refractivity contribution in [2.45, 2.75) is 12.5 Å². The molecule has 3 N–H and O–H groups in total. The van der Waals surface area contributed by atoms with Gasteiger partial charge in [-0.15, -0.1) is 5.10 Å². The Morgan fingerprint density at radius 2 is 1.94 bits per heavy atom. The second-order valence-electron chi connectivity index (χ2n) is 3.91. The molecule has 1 heterocycles. The fourth-order valence-electron chi connectivity index (χ4n) is 1.72. The van der Waals surface area contributed by atoms with E-state index in [1.807, 2.05) is 24.3 Å². The van der Waals surface area contributed by atoms with Gasteiger partial charge in [0.1, 0.15) is 0 Å². The maximum Gasteiger partial charge on any atom is 0.233 e. The minimum absolute atomic E-state index is 0.0641. The zero-order valence-electron chi connectivity index (χ0n) is 10.2. The number of ether oxygens (including phenoxy) is 1. The van der Waals surface area contributed by atoms with Gasteiger partial charge in [0.2, 0.25) is 5.88 Å². The molecule has 5 heteroatoms. The fourth-order valence-corrected chi connectivity index (χ4v) is 1.72. The van der Waals surface area contributed by atoms with Crippen LogP contribution in [0.1, 0.15) is 17.3 Å². The van der Waals surface area contributed by atoms with Crippen molar-refractivity contribution in [3.63, 3.8) is 0 Å². The molecule has 0 saturated carbocycles. The van der Waals surface area contributed by atoms with Crippen molar-refractivity contribution in [2.75, 3.05) is 7.11 Å². The molecule has 0 amide bonds. The molecular formula is C13H16N4O. The predicted octanol–water partition coefficient (Wildman–Crippen LogP) is 1.23. The molecule has 0 fully saturated rings. The van der Waals surface area contributed by atoms with Crippen LogP contribution in [0.25, 0.3) is 0 Å². The molecule has 0 bridgehead atoms. The maximum atomic E-state index is 5.57. The summed E-state index contributed by atoms with van der Waals surface area (Å²) < 4.78 is 4.98. The van der Waals surface area contributed by atoms with Crippen molar-refractivity contribution in [1.82, 2.24) is 15.6 Å². The Kier molecular flexibility index (Phi) is 4.22. The number of hydrogen-bond acceptors (Lipinski definition) is 5. The number of nitrogens with zero attached hydrogens (tertiary/aromatic N) is 2. The third-order valence-corrected chi connectivity index (χ3v) is 2.71. The summed E-state index contributed by atoms with van der Waals surface area (Å²) in [6.07, 6.45) is 0.762. The second-order valence-corrected chi connectivity index (χ2v) is 3.91. The number of methoxy groups -OCH3 is 1. The molecule has 0 saturated heterocycles. The average molecular weight is 244 g/mol. The first-order chi connectivity index (χ1) is 8.83. The smallest absolute Gasteiger partial charge is 0.233 e. The van der Waals surface area contributed by atoms with E-state index in [0.29, 0.717) is 5.88 Å². The highest BCUT2D eigenvalue weighted by molar-refractivity contribution is 5.20. The maximum absolute atomic E-state index is 5.57. The number of hydrogen-bond donors (Lipinski definition) is 2. The molecular weight excluding hydrogens is 228 g/mol. The molecule has 0 aliphatic rings. The zero-order valence-corrected chi connectivity index (χ0v) is 10.2. The Morgan fingerprint density at radius 1 is 1.17 bits per heavy atom. The van der Waals surface area contributed by atoms with Crippen LogP contribution in [0.2, 0.25) is 0 Å². The topological polar surface area (TPSA) is 73.1 Å². The standard InChI is InChI=1S/C13H16N4O/c1-18-13-8-7-11(16-17-13)12(15-14)9-10-5-3-2-4-6-10/h2-8,12,15H,9,14H2,1H3. The summed E-state index contributed by atoms with van der Waals surface area (Å²) in [6.45, 7) is 0. The Bertz CT molecular complexity index is 472. The minimum atomic E-state index is -0.0641. The highest BCUT2D eigenvalue weighted by Gasteiger charge is 2.12. The first kappa shape index (κ1) is 12.5. The van der Waals surface area contributed by atoms with Crippen molar-refractivity contribution in [2.24, 2.45) is 5.84 Å². The molecule has 5 nitrogen and oxygen atoms in total. The van der Waals surface area contributed by atoms with Crippen LogP contribution >= 0.6 is 0 Å². The summed E-state index contributed by atoms with van der Waals surface area (Å²) in [5.74, 6) is 6.07. The van der Waals surface area contributed by atoms with Gasteiger partial charge >= 0.3 is 0 Å². The molecule has 0 radical (unpaired) electrons. The van der Waals surface area contributed by atoms with Crippen LogP contribution in [0, 0.1) is 0 Å².